The van der Waals surface area contributed by atoms with E-state index >= 15 is 0 Å². The number of rotatable bonds is 65. The van der Waals surface area contributed by atoms with Crippen LogP contribution in [0.3, 0.4) is 0 Å². The van der Waals surface area contributed by atoms with Crippen molar-refractivity contribution in [2.24, 2.45) is 0 Å². The molecule has 0 aromatic heterocycles. The Morgan fingerprint density at radius 2 is 0.627 bits per heavy atom. The fraction of sp³-hybridized carbons (Fsp3) is 0.942. The Labute approximate surface area is 469 Å². The monoisotopic (exact) mass is 1060 g/mol. The van der Waals surface area contributed by atoms with Gasteiger partial charge in [0.05, 0.1) is 25.4 Å². The summed E-state index contributed by atoms with van der Waals surface area (Å²) in [5.41, 5.74) is 0. The Bertz CT molecular complexity index is 1130. The number of esters is 1. The number of unbranched alkanes of at least 4 members (excludes halogenated alkanes) is 52. The van der Waals surface area contributed by atoms with E-state index < -0.39 is 12.1 Å². The Hall–Kier alpha value is -1.40. The number of nitrogens with one attached hydrogen (secondary N) is 1. The predicted octanol–water partition coefficient (Wildman–Crippen LogP) is 22.0. The highest BCUT2D eigenvalue weighted by Crippen LogP contribution is 2.19. The normalized spacial score (nSPS) is 12.5. The predicted molar refractivity (Wildman–Crippen MR) is 329 cm³/mol. The van der Waals surface area contributed by atoms with Crippen molar-refractivity contribution in [1.82, 2.24) is 5.32 Å². The van der Waals surface area contributed by atoms with Crippen molar-refractivity contribution in [3.8, 4) is 0 Å². The first-order valence-electron chi connectivity index (χ1n) is 34.4. The topological polar surface area (TPSA) is 95.9 Å². The van der Waals surface area contributed by atoms with Crippen molar-refractivity contribution in [3.05, 3.63) is 12.2 Å². The van der Waals surface area contributed by atoms with Crippen molar-refractivity contribution in [1.29, 1.82) is 0 Å². The molecule has 0 aliphatic carbocycles. The van der Waals surface area contributed by atoms with Gasteiger partial charge in [0.25, 0.3) is 0 Å². The fourth-order valence-electron chi connectivity index (χ4n) is 11.1. The van der Waals surface area contributed by atoms with Crippen LogP contribution < -0.4 is 5.32 Å². The molecular formula is C69H135NO5. The van der Waals surface area contributed by atoms with E-state index in [1.54, 1.807) is 0 Å². The number of allylic oxidation sites excluding steroid dienone is 2. The van der Waals surface area contributed by atoms with Crippen molar-refractivity contribution in [2.45, 2.75) is 405 Å². The number of hydrogen-bond acceptors (Lipinski definition) is 5. The molecule has 1 amide bonds. The van der Waals surface area contributed by atoms with Gasteiger partial charge >= 0.3 is 5.97 Å². The highest BCUT2D eigenvalue weighted by Gasteiger charge is 2.20. The maximum Gasteiger partial charge on any atom is 0.305 e. The van der Waals surface area contributed by atoms with E-state index in [9.17, 15) is 19.8 Å². The van der Waals surface area contributed by atoms with Gasteiger partial charge in [0, 0.05) is 12.8 Å². The minimum Gasteiger partial charge on any atom is -0.466 e. The highest BCUT2D eigenvalue weighted by molar-refractivity contribution is 5.76. The molecule has 0 saturated heterocycles. The first-order valence-corrected chi connectivity index (χ1v) is 34.4. The molecule has 3 N–H and O–H groups in total. The summed E-state index contributed by atoms with van der Waals surface area (Å²) in [6, 6.07) is -0.542. The van der Waals surface area contributed by atoms with Crippen molar-refractivity contribution >= 4 is 11.9 Å². The van der Waals surface area contributed by atoms with E-state index in [0.29, 0.717) is 25.9 Å². The number of aliphatic hydroxyl groups excluding tert-OH is 2. The van der Waals surface area contributed by atoms with Crippen LogP contribution in [-0.4, -0.2) is 47.4 Å². The molecule has 6 heteroatoms. The van der Waals surface area contributed by atoms with Crippen molar-refractivity contribution in [3.63, 3.8) is 0 Å². The summed E-state index contributed by atoms with van der Waals surface area (Å²) >= 11 is 0. The molecule has 0 aromatic rings. The number of carbonyl (C=O) groups excluding carboxylic acids is 2. The lowest BCUT2D eigenvalue weighted by Crippen LogP contribution is -2.45. The molecule has 0 saturated carbocycles. The van der Waals surface area contributed by atoms with Crippen LogP contribution in [0.25, 0.3) is 0 Å². The Morgan fingerprint density at radius 3 is 0.947 bits per heavy atom. The maximum atomic E-state index is 12.5. The smallest absolute Gasteiger partial charge is 0.305 e. The fourth-order valence-corrected chi connectivity index (χ4v) is 11.1. The zero-order chi connectivity index (χ0) is 54.3. The van der Waals surface area contributed by atoms with Gasteiger partial charge in [0.2, 0.25) is 5.91 Å². The van der Waals surface area contributed by atoms with Crippen LogP contribution in [0.1, 0.15) is 393 Å². The molecular weight excluding hydrogens is 923 g/mol. The minimum atomic E-state index is -0.664. The third kappa shape index (κ3) is 61.7. The lowest BCUT2D eigenvalue weighted by Gasteiger charge is -2.22. The molecule has 0 aliphatic rings. The van der Waals surface area contributed by atoms with Gasteiger partial charge in [-0.05, 0) is 51.4 Å². The van der Waals surface area contributed by atoms with E-state index in [1.165, 1.54) is 321 Å². The number of hydrogen-bond donors (Lipinski definition) is 3. The Morgan fingerprint density at radius 1 is 0.360 bits per heavy atom. The van der Waals surface area contributed by atoms with Gasteiger partial charge in [-0.3, -0.25) is 9.59 Å². The van der Waals surface area contributed by atoms with Crippen LogP contribution in [0.4, 0.5) is 0 Å². The lowest BCUT2D eigenvalue weighted by atomic mass is 10.0. The number of carbonyl (C=O) groups is 2. The average Bonchev–Trinajstić information content (AvgIpc) is 3.41. The minimum absolute atomic E-state index is 0.0183. The van der Waals surface area contributed by atoms with Crippen molar-refractivity contribution < 1.29 is 24.5 Å². The van der Waals surface area contributed by atoms with E-state index in [4.69, 9.17) is 4.74 Å². The summed E-state index contributed by atoms with van der Waals surface area (Å²) in [5.74, 6) is -0.0137. The molecule has 2 atom stereocenters. The number of aliphatic hydroxyl groups is 2. The molecule has 0 heterocycles. The molecule has 6 nitrogen and oxygen atoms in total. The summed E-state index contributed by atoms with van der Waals surface area (Å²) in [7, 11) is 0. The number of amides is 1. The first kappa shape index (κ1) is 73.6. The third-order valence-corrected chi connectivity index (χ3v) is 16.3. The molecule has 2 unspecified atom stereocenters. The van der Waals surface area contributed by atoms with E-state index in [2.05, 4.69) is 31.3 Å². The van der Waals surface area contributed by atoms with E-state index in [1.807, 2.05) is 0 Å². The first-order chi connectivity index (χ1) is 37.0. The molecule has 0 fully saturated rings. The van der Waals surface area contributed by atoms with Gasteiger partial charge in [-0.1, -0.05) is 341 Å². The molecule has 0 radical (unpaired) electrons. The largest absolute Gasteiger partial charge is 0.466 e. The number of ether oxygens (including phenoxy) is 1. The van der Waals surface area contributed by atoms with Crippen molar-refractivity contribution in [2.75, 3.05) is 13.2 Å². The maximum absolute atomic E-state index is 12.5. The third-order valence-electron chi connectivity index (χ3n) is 16.3. The summed E-state index contributed by atoms with van der Waals surface area (Å²) in [5, 5.41) is 23.4. The van der Waals surface area contributed by atoms with E-state index in [-0.39, 0.29) is 18.5 Å². The standard InChI is InChI=1S/C69H135NO5/c1-3-5-7-9-11-13-15-17-19-31-34-37-41-45-49-53-57-61-67(72)66(65-71)70-68(73)62-58-54-50-46-42-38-35-32-29-27-25-23-21-20-22-24-26-28-30-33-36-40-44-48-52-56-60-64-75-69(74)63-59-55-51-47-43-39-18-16-14-12-10-8-6-4-2/h20-21,66-67,71-72H,3-19,22-65H2,1-2H3,(H,70,73)/b21-20-. The summed E-state index contributed by atoms with van der Waals surface area (Å²) in [6.07, 6.45) is 79.6. The van der Waals surface area contributed by atoms with Crippen LogP contribution >= 0.6 is 0 Å². The Balaban J connectivity index is 3.37. The van der Waals surface area contributed by atoms with Crippen LogP contribution in [0.5, 0.6) is 0 Å². The molecule has 0 spiro atoms. The average molecular weight is 1060 g/mol. The van der Waals surface area contributed by atoms with Gasteiger partial charge in [-0.15, -0.1) is 0 Å². The van der Waals surface area contributed by atoms with Crippen LogP contribution in [0.15, 0.2) is 12.2 Å². The van der Waals surface area contributed by atoms with Gasteiger partial charge in [-0.2, -0.15) is 0 Å². The lowest BCUT2D eigenvalue weighted by molar-refractivity contribution is -0.143. The van der Waals surface area contributed by atoms with E-state index in [0.717, 1.165) is 38.5 Å². The SMILES string of the molecule is CCCCCCCCCCCCCCCCCCCC(O)C(CO)NC(=O)CCCCCCCCCCCCC/C=C\CCCCCCCCCCCCCCOC(=O)CCCCCCCCCCCCCCCC. The summed E-state index contributed by atoms with van der Waals surface area (Å²) in [4.78, 5) is 24.6. The zero-order valence-electron chi connectivity index (χ0n) is 51.1. The van der Waals surface area contributed by atoms with Gasteiger partial charge in [-0.25, -0.2) is 0 Å². The summed E-state index contributed by atoms with van der Waals surface area (Å²) in [6.45, 7) is 4.99. The summed E-state index contributed by atoms with van der Waals surface area (Å²) < 4.78 is 5.49. The van der Waals surface area contributed by atoms with Gasteiger partial charge < -0.3 is 20.3 Å². The van der Waals surface area contributed by atoms with Gasteiger partial charge in [0.1, 0.15) is 0 Å². The molecule has 75 heavy (non-hydrogen) atoms. The van der Waals surface area contributed by atoms with Crippen LogP contribution in [0.2, 0.25) is 0 Å². The second kappa shape index (κ2) is 65.1. The van der Waals surface area contributed by atoms with Gasteiger partial charge in [0.15, 0.2) is 0 Å². The molecule has 446 valence electrons. The van der Waals surface area contributed by atoms with Crippen LogP contribution in [0, 0.1) is 0 Å². The Kier molecular flexibility index (Phi) is 63.9. The zero-order valence-corrected chi connectivity index (χ0v) is 51.1. The second-order valence-corrected chi connectivity index (χ2v) is 23.9. The molecule has 0 aromatic carbocycles. The highest BCUT2D eigenvalue weighted by atomic mass is 16.5. The molecule has 0 bridgehead atoms. The quantitative estimate of drug-likeness (QED) is 0.0320. The molecule has 0 rings (SSSR count). The molecule has 0 aliphatic heterocycles. The van der Waals surface area contributed by atoms with Crippen LogP contribution in [-0.2, 0) is 14.3 Å². The second-order valence-electron chi connectivity index (χ2n) is 23.9.